The molecule has 7 heteroatoms. The maximum atomic E-state index is 12.7. The van der Waals surface area contributed by atoms with Crippen molar-refractivity contribution in [3.63, 3.8) is 0 Å². The summed E-state index contributed by atoms with van der Waals surface area (Å²) < 4.78 is 43.9. The molecule has 2 aromatic rings. The average Bonchev–Trinajstić information content (AvgIpc) is 2.71. The number of nitrogens with one attached hydrogen (secondary N) is 1. The lowest BCUT2D eigenvalue weighted by Crippen LogP contribution is -2.27. The van der Waals surface area contributed by atoms with E-state index in [1.165, 1.54) is 6.07 Å². The van der Waals surface area contributed by atoms with Crippen LogP contribution in [0.25, 0.3) is 10.8 Å². The average molecular weight is 314 g/mol. The summed E-state index contributed by atoms with van der Waals surface area (Å²) >= 11 is 0. The molecule has 0 unspecified atom stereocenters. The van der Waals surface area contributed by atoms with Crippen molar-refractivity contribution in [3.05, 3.63) is 23.4 Å². The van der Waals surface area contributed by atoms with Gasteiger partial charge in [0.1, 0.15) is 5.75 Å². The molecule has 120 valence electrons. The normalized spacial score (nSPS) is 15.4. The third-order valence-corrected chi connectivity index (χ3v) is 3.94. The third-order valence-electron chi connectivity index (χ3n) is 3.94. The summed E-state index contributed by atoms with van der Waals surface area (Å²) in [5, 5.41) is 14.2. The van der Waals surface area contributed by atoms with E-state index in [0.29, 0.717) is 25.0 Å². The van der Waals surface area contributed by atoms with Gasteiger partial charge in [-0.05, 0) is 23.6 Å². The summed E-state index contributed by atoms with van der Waals surface area (Å²) in [6, 6.07) is 3.20. The van der Waals surface area contributed by atoms with E-state index in [1.807, 2.05) is 19.9 Å². The number of ether oxygens (including phenoxy) is 1. The molecule has 3 rings (SSSR count). The maximum Gasteiger partial charge on any atom is 0.573 e. The molecule has 0 aliphatic carbocycles. The van der Waals surface area contributed by atoms with Gasteiger partial charge in [0.2, 0.25) is 5.88 Å². The fourth-order valence-corrected chi connectivity index (χ4v) is 2.87. The molecular weight excluding hydrogens is 297 g/mol. The van der Waals surface area contributed by atoms with E-state index in [9.17, 15) is 18.3 Å². The van der Waals surface area contributed by atoms with Crippen molar-refractivity contribution >= 4 is 10.8 Å². The Morgan fingerprint density at radius 3 is 2.68 bits per heavy atom. The predicted octanol–water partition coefficient (Wildman–Crippen LogP) is 3.47. The zero-order valence-corrected chi connectivity index (χ0v) is 12.3. The summed E-state index contributed by atoms with van der Waals surface area (Å²) in [5.74, 6) is -0.455. The van der Waals surface area contributed by atoms with Gasteiger partial charge in [0.05, 0.1) is 5.39 Å². The first-order valence-electron chi connectivity index (χ1n) is 7.12. The smallest absolute Gasteiger partial charge is 0.494 e. The lowest BCUT2D eigenvalue weighted by Gasteiger charge is -2.17. The van der Waals surface area contributed by atoms with E-state index in [2.05, 4.69) is 10.1 Å². The van der Waals surface area contributed by atoms with Gasteiger partial charge in [-0.2, -0.15) is 0 Å². The molecule has 0 saturated carbocycles. The van der Waals surface area contributed by atoms with Gasteiger partial charge in [-0.15, -0.1) is 13.2 Å². The number of alkyl halides is 3. The Hall–Kier alpha value is -1.89. The molecule has 0 radical (unpaired) electrons. The van der Waals surface area contributed by atoms with Crippen LogP contribution in [0.3, 0.4) is 0 Å². The van der Waals surface area contributed by atoms with Crippen molar-refractivity contribution < 1.29 is 23.0 Å². The van der Waals surface area contributed by atoms with Gasteiger partial charge in [-0.1, -0.05) is 13.8 Å². The molecule has 1 aromatic carbocycles. The topological polar surface area (TPSA) is 46.4 Å². The van der Waals surface area contributed by atoms with Gasteiger partial charge >= 0.3 is 6.36 Å². The minimum atomic E-state index is -4.80. The van der Waals surface area contributed by atoms with Crippen molar-refractivity contribution in [3.8, 4) is 11.6 Å². The summed E-state index contributed by atoms with van der Waals surface area (Å²) in [5.41, 5.74) is 1.53. The number of hydrogen-bond donors (Lipinski definition) is 2. The first-order valence-corrected chi connectivity index (χ1v) is 7.12. The van der Waals surface area contributed by atoms with Crippen LogP contribution < -0.4 is 10.1 Å². The SMILES string of the molecule is CC(C)c1cc(OC(F)(F)F)c2c(O)n3c(c2c1)CNCC3. The number of rotatable bonds is 2. The zero-order chi connectivity index (χ0) is 16.1. The standard InChI is InChI=1S/C15H17F3N2O2/c1-8(2)9-5-10-11-7-19-3-4-20(11)14(21)13(10)12(6-9)22-15(16,17)18/h5-6,8,19,21H,3-4,7H2,1-2H3. The number of hydrogen-bond acceptors (Lipinski definition) is 3. The molecule has 0 bridgehead atoms. The van der Waals surface area contributed by atoms with E-state index >= 15 is 0 Å². The lowest BCUT2D eigenvalue weighted by atomic mass is 9.99. The van der Waals surface area contributed by atoms with Gasteiger partial charge < -0.3 is 19.7 Å². The van der Waals surface area contributed by atoms with Crippen LogP contribution in [-0.2, 0) is 13.1 Å². The molecular formula is C15H17F3N2O2. The van der Waals surface area contributed by atoms with Gasteiger partial charge in [0.25, 0.3) is 0 Å². The monoisotopic (exact) mass is 314 g/mol. The number of fused-ring (bicyclic) bond motifs is 3. The lowest BCUT2D eigenvalue weighted by molar-refractivity contribution is -0.274. The number of aromatic hydroxyl groups is 1. The molecule has 0 fully saturated rings. The minimum Gasteiger partial charge on any atom is -0.494 e. The van der Waals surface area contributed by atoms with Gasteiger partial charge in [-0.3, -0.25) is 0 Å². The number of halogens is 3. The number of nitrogens with zero attached hydrogens (tertiary/aromatic N) is 1. The summed E-state index contributed by atoms with van der Waals surface area (Å²) in [7, 11) is 0. The van der Waals surface area contributed by atoms with Crippen LogP contribution in [0.15, 0.2) is 12.1 Å². The Morgan fingerprint density at radius 1 is 1.32 bits per heavy atom. The van der Waals surface area contributed by atoms with Crippen LogP contribution in [0.2, 0.25) is 0 Å². The highest BCUT2D eigenvalue weighted by molar-refractivity contribution is 5.96. The van der Waals surface area contributed by atoms with Gasteiger partial charge in [0, 0.05) is 30.7 Å². The van der Waals surface area contributed by atoms with E-state index in [-0.39, 0.29) is 22.9 Å². The third kappa shape index (κ3) is 2.49. The highest BCUT2D eigenvalue weighted by Gasteiger charge is 2.34. The second-order valence-electron chi connectivity index (χ2n) is 5.74. The van der Waals surface area contributed by atoms with Crippen molar-refractivity contribution in [2.75, 3.05) is 6.54 Å². The minimum absolute atomic E-state index is 0.0502. The quantitative estimate of drug-likeness (QED) is 0.892. The van der Waals surface area contributed by atoms with E-state index in [4.69, 9.17) is 0 Å². The highest BCUT2D eigenvalue weighted by Crippen LogP contribution is 2.42. The molecule has 1 aromatic heterocycles. The fourth-order valence-electron chi connectivity index (χ4n) is 2.87. The molecule has 2 heterocycles. The van der Waals surface area contributed by atoms with E-state index in [0.717, 1.165) is 11.3 Å². The maximum absolute atomic E-state index is 12.7. The van der Waals surface area contributed by atoms with Crippen LogP contribution in [0.5, 0.6) is 11.6 Å². The molecule has 0 amide bonds. The Morgan fingerprint density at radius 2 is 2.05 bits per heavy atom. The molecule has 2 N–H and O–H groups in total. The van der Waals surface area contributed by atoms with Crippen LogP contribution in [0.1, 0.15) is 31.0 Å². The Balaban J connectivity index is 2.29. The largest absolute Gasteiger partial charge is 0.573 e. The molecule has 1 aliphatic heterocycles. The molecule has 0 atom stereocenters. The first-order chi connectivity index (χ1) is 10.3. The summed E-state index contributed by atoms with van der Waals surface area (Å²) in [6.07, 6.45) is -4.80. The molecule has 4 nitrogen and oxygen atoms in total. The Labute approximate surface area is 125 Å². The van der Waals surface area contributed by atoms with Crippen molar-refractivity contribution in [2.24, 2.45) is 0 Å². The predicted molar refractivity (Wildman–Crippen MR) is 76.1 cm³/mol. The second-order valence-corrected chi connectivity index (χ2v) is 5.74. The van der Waals surface area contributed by atoms with Crippen LogP contribution >= 0.6 is 0 Å². The Kier molecular flexibility index (Phi) is 3.47. The van der Waals surface area contributed by atoms with E-state index < -0.39 is 6.36 Å². The first kappa shape index (κ1) is 15.0. The van der Waals surface area contributed by atoms with Crippen molar-refractivity contribution in [2.45, 2.75) is 39.2 Å². The molecule has 1 aliphatic rings. The van der Waals surface area contributed by atoms with Crippen LogP contribution in [0.4, 0.5) is 13.2 Å². The van der Waals surface area contributed by atoms with Crippen molar-refractivity contribution in [1.82, 2.24) is 9.88 Å². The molecule has 0 spiro atoms. The zero-order valence-electron chi connectivity index (χ0n) is 12.3. The number of benzene rings is 1. The fraction of sp³-hybridized carbons (Fsp3) is 0.467. The molecule has 0 saturated heterocycles. The second kappa shape index (κ2) is 5.08. The van der Waals surface area contributed by atoms with Crippen LogP contribution in [0, 0.1) is 0 Å². The summed E-state index contributed by atoms with van der Waals surface area (Å²) in [4.78, 5) is 0. The molecule has 22 heavy (non-hydrogen) atoms. The van der Waals surface area contributed by atoms with Gasteiger partial charge in [0.15, 0.2) is 0 Å². The highest BCUT2D eigenvalue weighted by atomic mass is 19.4. The summed E-state index contributed by atoms with van der Waals surface area (Å²) in [6.45, 7) is 5.48. The van der Waals surface area contributed by atoms with Gasteiger partial charge in [-0.25, -0.2) is 0 Å². The van der Waals surface area contributed by atoms with Crippen LogP contribution in [-0.4, -0.2) is 22.6 Å². The number of aromatic nitrogens is 1. The van der Waals surface area contributed by atoms with Crippen molar-refractivity contribution in [1.29, 1.82) is 0 Å². The van der Waals surface area contributed by atoms with E-state index in [1.54, 1.807) is 4.57 Å². The Bertz CT molecular complexity index is 720.